The van der Waals surface area contributed by atoms with E-state index in [-0.39, 0.29) is 32.1 Å². The summed E-state index contributed by atoms with van der Waals surface area (Å²) in [5.41, 5.74) is 1.76. The number of carbonyl (C=O) groups is 3. The van der Waals surface area contributed by atoms with Crippen molar-refractivity contribution < 1.29 is 23.9 Å². The highest BCUT2D eigenvalue weighted by Gasteiger charge is 2.24. The minimum Gasteiger partial charge on any atom is -0.466 e. The van der Waals surface area contributed by atoms with Gasteiger partial charge < -0.3 is 20.1 Å². The fourth-order valence-corrected chi connectivity index (χ4v) is 2.81. The van der Waals surface area contributed by atoms with Gasteiger partial charge in [0.25, 0.3) is 0 Å². The van der Waals surface area contributed by atoms with E-state index in [1.807, 2.05) is 67.6 Å². The molecule has 0 fully saturated rings. The van der Waals surface area contributed by atoms with Gasteiger partial charge in [-0.15, -0.1) is 0 Å². The van der Waals surface area contributed by atoms with Gasteiger partial charge in [-0.1, -0.05) is 60.7 Å². The number of carbonyl (C=O) groups excluding carboxylic acids is 3. The van der Waals surface area contributed by atoms with Crippen LogP contribution in [0.1, 0.15) is 43.9 Å². The molecule has 0 spiro atoms. The van der Waals surface area contributed by atoms with E-state index in [0.717, 1.165) is 11.1 Å². The van der Waals surface area contributed by atoms with Crippen molar-refractivity contribution in [3.05, 3.63) is 71.8 Å². The summed E-state index contributed by atoms with van der Waals surface area (Å²) in [6.07, 6.45) is -0.618. The second-order valence-electron chi connectivity index (χ2n) is 6.74. The zero-order chi connectivity index (χ0) is 21.8. The lowest BCUT2D eigenvalue weighted by molar-refractivity contribution is -0.143. The molecule has 2 N–H and O–H groups in total. The van der Waals surface area contributed by atoms with Gasteiger partial charge in [-0.2, -0.15) is 0 Å². The molecule has 0 radical (unpaired) electrons. The van der Waals surface area contributed by atoms with Crippen molar-refractivity contribution in [2.45, 2.75) is 45.4 Å². The third kappa shape index (κ3) is 7.95. The highest BCUT2D eigenvalue weighted by atomic mass is 16.5. The standard InChI is InChI=1S/C23H28N2O5/c1-3-29-21(26)15-14-20(22(27)24-17(2)19-12-8-5-9-13-19)25-23(28)30-16-18-10-6-4-7-11-18/h4-13,17,20H,3,14-16H2,1-2H3,(H,24,27)(H,25,28)/t17-,20+/m1/s1. The second kappa shape index (κ2) is 12.3. The molecule has 2 aromatic rings. The molecular formula is C23H28N2O5. The monoisotopic (exact) mass is 412 g/mol. The molecule has 2 rings (SSSR count). The van der Waals surface area contributed by atoms with Gasteiger partial charge in [-0.3, -0.25) is 9.59 Å². The quantitative estimate of drug-likeness (QED) is 0.583. The Morgan fingerprint density at radius 1 is 0.900 bits per heavy atom. The predicted octanol–water partition coefficient (Wildman–Crippen LogP) is 3.50. The van der Waals surface area contributed by atoms with Crippen LogP contribution in [0.4, 0.5) is 4.79 Å². The summed E-state index contributed by atoms with van der Waals surface area (Å²) in [7, 11) is 0. The topological polar surface area (TPSA) is 93.7 Å². The molecule has 0 heterocycles. The highest BCUT2D eigenvalue weighted by Crippen LogP contribution is 2.12. The lowest BCUT2D eigenvalue weighted by atomic mass is 10.1. The lowest BCUT2D eigenvalue weighted by Gasteiger charge is -2.21. The molecule has 0 aliphatic carbocycles. The van der Waals surface area contributed by atoms with Crippen molar-refractivity contribution in [1.82, 2.24) is 10.6 Å². The number of ether oxygens (including phenoxy) is 2. The van der Waals surface area contributed by atoms with E-state index in [9.17, 15) is 14.4 Å². The second-order valence-corrected chi connectivity index (χ2v) is 6.74. The summed E-state index contributed by atoms with van der Waals surface area (Å²) in [6, 6.07) is 17.5. The largest absolute Gasteiger partial charge is 0.466 e. The Hall–Kier alpha value is -3.35. The van der Waals surface area contributed by atoms with Gasteiger partial charge in [0.15, 0.2) is 0 Å². The first-order valence-electron chi connectivity index (χ1n) is 9.97. The normalized spacial score (nSPS) is 12.3. The van der Waals surface area contributed by atoms with E-state index in [1.54, 1.807) is 6.92 Å². The average molecular weight is 412 g/mol. The Labute approximate surface area is 176 Å². The van der Waals surface area contributed by atoms with Crippen LogP contribution in [0.3, 0.4) is 0 Å². The number of benzene rings is 2. The van der Waals surface area contributed by atoms with Crippen LogP contribution in [0.15, 0.2) is 60.7 Å². The van der Waals surface area contributed by atoms with Gasteiger partial charge in [0.2, 0.25) is 5.91 Å². The summed E-state index contributed by atoms with van der Waals surface area (Å²) >= 11 is 0. The van der Waals surface area contributed by atoms with E-state index in [0.29, 0.717) is 0 Å². The predicted molar refractivity (Wildman–Crippen MR) is 112 cm³/mol. The Morgan fingerprint density at radius 2 is 1.53 bits per heavy atom. The first-order chi connectivity index (χ1) is 14.5. The molecule has 30 heavy (non-hydrogen) atoms. The maximum absolute atomic E-state index is 12.8. The number of hydrogen-bond acceptors (Lipinski definition) is 5. The minimum absolute atomic E-state index is 0.00457. The molecule has 0 aromatic heterocycles. The van der Waals surface area contributed by atoms with Gasteiger partial charge in [-0.05, 0) is 31.4 Å². The van der Waals surface area contributed by atoms with Crippen LogP contribution >= 0.6 is 0 Å². The van der Waals surface area contributed by atoms with Gasteiger partial charge in [0, 0.05) is 6.42 Å². The first-order valence-corrected chi connectivity index (χ1v) is 9.97. The number of hydrogen-bond donors (Lipinski definition) is 2. The number of rotatable bonds is 10. The van der Waals surface area contributed by atoms with Crippen LogP contribution in [0.2, 0.25) is 0 Å². The number of alkyl carbamates (subject to hydrolysis) is 1. The number of esters is 1. The smallest absolute Gasteiger partial charge is 0.408 e. The highest BCUT2D eigenvalue weighted by molar-refractivity contribution is 5.86. The molecule has 0 aliphatic rings. The van der Waals surface area contributed by atoms with Gasteiger partial charge in [0.1, 0.15) is 12.6 Å². The van der Waals surface area contributed by atoms with Crippen LogP contribution in [-0.2, 0) is 25.7 Å². The van der Waals surface area contributed by atoms with Gasteiger partial charge in [0.05, 0.1) is 12.6 Å². The SMILES string of the molecule is CCOC(=O)CC[C@H](NC(=O)OCc1ccccc1)C(=O)N[C@H](C)c1ccccc1. The van der Waals surface area contributed by atoms with E-state index >= 15 is 0 Å². The molecule has 0 unspecified atom stereocenters. The molecule has 7 heteroatoms. The Morgan fingerprint density at radius 3 is 2.17 bits per heavy atom. The van der Waals surface area contributed by atoms with Crippen LogP contribution in [0.25, 0.3) is 0 Å². The summed E-state index contributed by atoms with van der Waals surface area (Å²) in [5.74, 6) is -0.821. The Kier molecular flexibility index (Phi) is 9.37. The fourth-order valence-electron chi connectivity index (χ4n) is 2.81. The summed E-state index contributed by atoms with van der Waals surface area (Å²) < 4.78 is 10.1. The minimum atomic E-state index is -0.927. The zero-order valence-corrected chi connectivity index (χ0v) is 17.3. The van der Waals surface area contributed by atoms with Gasteiger partial charge in [-0.25, -0.2) is 4.79 Å². The molecule has 0 saturated heterocycles. The maximum Gasteiger partial charge on any atom is 0.408 e. The molecule has 0 saturated carbocycles. The molecule has 7 nitrogen and oxygen atoms in total. The molecule has 160 valence electrons. The third-order valence-corrected chi connectivity index (χ3v) is 4.42. The van der Waals surface area contributed by atoms with E-state index in [1.165, 1.54) is 0 Å². The van der Waals surface area contributed by atoms with E-state index < -0.39 is 24.0 Å². The van der Waals surface area contributed by atoms with E-state index in [2.05, 4.69) is 10.6 Å². The van der Waals surface area contributed by atoms with Gasteiger partial charge >= 0.3 is 12.1 Å². The van der Waals surface area contributed by atoms with Crippen molar-refractivity contribution in [2.75, 3.05) is 6.61 Å². The van der Waals surface area contributed by atoms with Crippen LogP contribution in [0, 0.1) is 0 Å². The van der Waals surface area contributed by atoms with E-state index in [4.69, 9.17) is 9.47 Å². The molecule has 2 aromatic carbocycles. The van der Waals surface area contributed by atoms with Crippen molar-refractivity contribution in [2.24, 2.45) is 0 Å². The maximum atomic E-state index is 12.8. The summed E-state index contributed by atoms with van der Waals surface area (Å²) in [4.78, 5) is 36.7. The molecule has 2 atom stereocenters. The zero-order valence-electron chi connectivity index (χ0n) is 17.3. The van der Waals surface area contributed by atoms with Crippen LogP contribution in [-0.4, -0.2) is 30.6 Å². The third-order valence-electron chi connectivity index (χ3n) is 4.42. The molecule has 0 aliphatic heterocycles. The average Bonchev–Trinajstić information content (AvgIpc) is 2.76. The molecule has 2 amide bonds. The lowest BCUT2D eigenvalue weighted by Crippen LogP contribution is -2.47. The molecule has 0 bridgehead atoms. The summed E-state index contributed by atoms with van der Waals surface area (Å²) in [6.45, 7) is 3.90. The van der Waals surface area contributed by atoms with Crippen molar-refractivity contribution >= 4 is 18.0 Å². The van der Waals surface area contributed by atoms with Crippen molar-refractivity contribution in [3.8, 4) is 0 Å². The Balaban J connectivity index is 1.96. The Bertz CT molecular complexity index is 811. The van der Waals surface area contributed by atoms with Crippen molar-refractivity contribution in [3.63, 3.8) is 0 Å². The van der Waals surface area contributed by atoms with Crippen LogP contribution < -0.4 is 10.6 Å². The summed E-state index contributed by atoms with van der Waals surface area (Å²) in [5, 5.41) is 5.43. The van der Waals surface area contributed by atoms with Crippen LogP contribution in [0.5, 0.6) is 0 Å². The number of amides is 2. The first kappa shape index (κ1) is 22.9. The molecular weight excluding hydrogens is 384 g/mol. The fraction of sp³-hybridized carbons (Fsp3) is 0.348. The number of nitrogens with one attached hydrogen (secondary N) is 2. The van der Waals surface area contributed by atoms with Crippen molar-refractivity contribution in [1.29, 1.82) is 0 Å².